The standard InChI is InChI=1S/C30H24F2O6/c1-17-23-15-30(28(34)37-3,29(35)38-4)16-24(23)22(14-7-18-5-10-20(31)11-6-18)26(25(17)27(33)36-2)19-8-12-21(32)13-9-19/h5-6,8-13H,15-16H2,1-4H3. The minimum absolute atomic E-state index is 0.0770. The van der Waals surface area contributed by atoms with E-state index in [0.717, 1.165) is 0 Å². The molecule has 0 N–H and O–H groups in total. The molecule has 8 heteroatoms. The summed E-state index contributed by atoms with van der Waals surface area (Å²) in [4.78, 5) is 39.1. The zero-order valence-corrected chi connectivity index (χ0v) is 21.2. The van der Waals surface area contributed by atoms with E-state index in [0.29, 0.717) is 38.9 Å². The van der Waals surface area contributed by atoms with Gasteiger partial charge in [-0.15, -0.1) is 0 Å². The lowest BCUT2D eigenvalue weighted by molar-refractivity contribution is -0.168. The summed E-state index contributed by atoms with van der Waals surface area (Å²) >= 11 is 0. The number of rotatable bonds is 4. The van der Waals surface area contributed by atoms with Gasteiger partial charge in [0.1, 0.15) is 11.6 Å². The van der Waals surface area contributed by atoms with Crippen LogP contribution in [0.15, 0.2) is 48.5 Å². The Morgan fingerprint density at radius 3 is 1.82 bits per heavy atom. The Kier molecular flexibility index (Phi) is 7.31. The second-order valence-electron chi connectivity index (χ2n) is 8.88. The monoisotopic (exact) mass is 518 g/mol. The van der Waals surface area contributed by atoms with Crippen LogP contribution < -0.4 is 0 Å². The predicted molar refractivity (Wildman–Crippen MR) is 134 cm³/mol. The predicted octanol–water partition coefficient (Wildman–Crippen LogP) is 4.56. The van der Waals surface area contributed by atoms with Crippen LogP contribution in [0, 0.1) is 35.8 Å². The normalized spacial score (nSPS) is 13.1. The van der Waals surface area contributed by atoms with Gasteiger partial charge < -0.3 is 14.2 Å². The van der Waals surface area contributed by atoms with Gasteiger partial charge in [0.25, 0.3) is 0 Å². The van der Waals surface area contributed by atoms with E-state index < -0.39 is 35.0 Å². The van der Waals surface area contributed by atoms with Crippen LogP contribution in [0.1, 0.15) is 38.2 Å². The topological polar surface area (TPSA) is 78.9 Å². The van der Waals surface area contributed by atoms with Crippen LogP contribution >= 0.6 is 0 Å². The molecule has 0 aromatic heterocycles. The Labute approximate surface area is 218 Å². The Morgan fingerprint density at radius 2 is 1.29 bits per heavy atom. The number of halogens is 2. The summed E-state index contributed by atoms with van der Waals surface area (Å²) in [5.74, 6) is 2.95. The van der Waals surface area contributed by atoms with Crippen molar-refractivity contribution in [2.75, 3.05) is 21.3 Å². The highest BCUT2D eigenvalue weighted by Crippen LogP contribution is 2.46. The first-order valence-corrected chi connectivity index (χ1v) is 11.6. The van der Waals surface area contributed by atoms with Crippen molar-refractivity contribution in [2.45, 2.75) is 19.8 Å². The minimum atomic E-state index is -1.68. The van der Waals surface area contributed by atoms with E-state index in [2.05, 4.69) is 11.8 Å². The van der Waals surface area contributed by atoms with Gasteiger partial charge in [-0.05, 0) is 65.6 Å². The zero-order chi connectivity index (χ0) is 27.6. The third-order valence-corrected chi connectivity index (χ3v) is 6.80. The molecule has 0 saturated carbocycles. The third kappa shape index (κ3) is 4.52. The number of carbonyl (C=O) groups excluding carboxylic acids is 3. The summed E-state index contributed by atoms with van der Waals surface area (Å²) in [5.41, 5.74) is 1.81. The van der Waals surface area contributed by atoms with E-state index in [4.69, 9.17) is 14.2 Å². The lowest BCUT2D eigenvalue weighted by atomic mass is 9.84. The second-order valence-corrected chi connectivity index (χ2v) is 8.88. The largest absolute Gasteiger partial charge is 0.468 e. The van der Waals surface area contributed by atoms with Crippen molar-refractivity contribution in [3.8, 4) is 23.0 Å². The smallest absolute Gasteiger partial charge is 0.338 e. The van der Waals surface area contributed by atoms with E-state index in [1.54, 1.807) is 6.92 Å². The quantitative estimate of drug-likeness (QED) is 0.218. The van der Waals surface area contributed by atoms with E-state index in [-0.39, 0.29) is 18.4 Å². The molecule has 4 rings (SSSR count). The molecule has 0 aliphatic heterocycles. The van der Waals surface area contributed by atoms with Crippen LogP contribution in [0.25, 0.3) is 11.1 Å². The van der Waals surface area contributed by atoms with Crippen molar-refractivity contribution in [2.24, 2.45) is 5.41 Å². The molecule has 0 heterocycles. The first kappa shape index (κ1) is 26.6. The van der Waals surface area contributed by atoms with Crippen molar-refractivity contribution in [1.29, 1.82) is 0 Å². The van der Waals surface area contributed by atoms with E-state index in [1.807, 2.05) is 0 Å². The number of benzene rings is 3. The van der Waals surface area contributed by atoms with Crippen LogP contribution in [0.3, 0.4) is 0 Å². The maximum Gasteiger partial charge on any atom is 0.338 e. The van der Waals surface area contributed by atoms with Gasteiger partial charge in [0.05, 0.1) is 26.9 Å². The number of carbonyl (C=O) groups is 3. The molecule has 0 radical (unpaired) electrons. The molecule has 0 unspecified atom stereocenters. The van der Waals surface area contributed by atoms with Crippen LogP contribution in [-0.4, -0.2) is 39.2 Å². The van der Waals surface area contributed by atoms with E-state index >= 15 is 0 Å². The first-order chi connectivity index (χ1) is 18.2. The molecule has 0 saturated heterocycles. The number of hydrogen-bond acceptors (Lipinski definition) is 6. The molecule has 3 aromatic carbocycles. The van der Waals surface area contributed by atoms with Crippen molar-refractivity contribution in [3.63, 3.8) is 0 Å². The summed E-state index contributed by atoms with van der Waals surface area (Å²) in [6.45, 7) is 1.69. The Morgan fingerprint density at radius 1 is 0.763 bits per heavy atom. The minimum Gasteiger partial charge on any atom is -0.468 e. The van der Waals surface area contributed by atoms with Gasteiger partial charge in [-0.3, -0.25) is 9.59 Å². The summed E-state index contributed by atoms with van der Waals surface area (Å²) in [5, 5.41) is 0. The van der Waals surface area contributed by atoms with Crippen LogP contribution in [-0.2, 0) is 36.6 Å². The molecule has 38 heavy (non-hydrogen) atoms. The molecule has 0 fully saturated rings. The summed E-state index contributed by atoms with van der Waals surface area (Å²) in [6.07, 6.45) is -0.169. The zero-order valence-electron chi connectivity index (χ0n) is 21.2. The molecule has 0 bridgehead atoms. The molecule has 194 valence electrons. The summed E-state index contributed by atoms with van der Waals surface area (Å²) in [6, 6.07) is 11.1. The Balaban J connectivity index is 2.10. The third-order valence-electron chi connectivity index (χ3n) is 6.80. The fourth-order valence-electron chi connectivity index (χ4n) is 4.92. The van der Waals surface area contributed by atoms with Gasteiger partial charge in [0, 0.05) is 29.5 Å². The van der Waals surface area contributed by atoms with Crippen molar-refractivity contribution in [3.05, 3.63) is 93.5 Å². The highest BCUT2D eigenvalue weighted by Gasteiger charge is 2.54. The average Bonchev–Trinajstić information content (AvgIpc) is 3.35. The van der Waals surface area contributed by atoms with Gasteiger partial charge in [-0.2, -0.15) is 0 Å². The number of hydrogen-bond donors (Lipinski definition) is 0. The molecular weight excluding hydrogens is 494 g/mol. The van der Waals surface area contributed by atoms with Gasteiger partial charge >= 0.3 is 17.9 Å². The van der Waals surface area contributed by atoms with Crippen molar-refractivity contribution >= 4 is 17.9 Å². The van der Waals surface area contributed by atoms with Crippen molar-refractivity contribution in [1.82, 2.24) is 0 Å². The fourth-order valence-corrected chi connectivity index (χ4v) is 4.92. The van der Waals surface area contributed by atoms with E-state index in [9.17, 15) is 23.2 Å². The maximum atomic E-state index is 13.8. The lowest BCUT2D eigenvalue weighted by Crippen LogP contribution is -2.42. The molecular formula is C30H24F2O6. The highest BCUT2D eigenvalue weighted by molar-refractivity contribution is 6.05. The Bertz CT molecular complexity index is 1480. The molecule has 0 amide bonds. The fraction of sp³-hybridized carbons (Fsp3) is 0.233. The molecule has 1 aliphatic rings. The molecule has 1 aliphatic carbocycles. The molecule has 0 atom stereocenters. The van der Waals surface area contributed by atoms with E-state index in [1.165, 1.54) is 69.9 Å². The highest BCUT2D eigenvalue weighted by atomic mass is 19.1. The maximum absolute atomic E-state index is 13.8. The van der Waals surface area contributed by atoms with Gasteiger partial charge in [-0.25, -0.2) is 13.6 Å². The number of fused-ring (bicyclic) bond motifs is 1. The average molecular weight is 519 g/mol. The summed E-state index contributed by atoms with van der Waals surface area (Å²) in [7, 11) is 3.60. The van der Waals surface area contributed by atoms with Crippen molar-refractivity contribution < 1.29 is 37.4 Å². The first-order valence-electron chi connectivity index (χ1n) is 11.6. The molecule has 0 spiro atoms. The van der Waals surface area contributed by atoms with Crippen LogP contribution in [0.4, 0.5) is 8.78 Å². The molecule has 3 aromatic rings. The Hall–Kier alpha value is -4.51. The second kappa shape index (κ2) is 10.5. The van der Waals surface area contributed by atoms with Gasteiger partial charge in [0.2, 0.25) is 0 Å². The SMILES string of the molecule is COC(=O)c1c(C)c2c(c(C#Cc3ccc(F)cc3)c1-c1ccc(F)cc1)CC(C(=O)OC)(C(=O)OC)C2. The lowest BCUT2D eigenvalue weighted by Gasteiger charge is -2.22. The van der Waals surface area contributed by atoms with Crippen LogP contribution in [0.5, 0.6) is 0 Å². The van der Waals surface area contributed by atoms with Gasteiger partial charge in [-0.1, -0.05) is 24.0 Å². The number of esters is 3. The van der Waals surface area contributed by atoms with Crippen LogP contribution in [0.2, 0.25) is 0 Å². The molecule has 6 nitrogen and oxygen atoms in total. The number of ether oxygens (including phenoxy) is 3. The van der Waals surface area contributed by atoms with Gasteiger partial charge in [0.15, 0.2) is 5.41 Å². The summed E-state index contributed by atoms with van der Waals surface area (Å²) < 4.78 is 42.4. The number of methoxy groups -OCH3 is 3.